The van der Waals surface area contributed by atoms with Crippen molar-refractivity contribution < 1.29 is 19.0 Å². The van der Waals surface area contributed by atoms with E-state index in [9.17, 15) is 4.79 Å². The van der Waals surface area contributed by atoms with Gasteiger partial charge in [0.25, 0.3) is 5.88 Å². The van der Waals surface area contributed by atoms with E-state index in [4.69, 9.17) is 25.8 Å². The highest BCUT2D eigenvalue weighted by Gasteiger charge is 2.27. The second-order valence-corrected chi connectivity index (χ2v) is 5.72. The van der Waals surface area contributed by atoms with Gasteiger partial charge in [-0.2, -0.15) is 4.98 Å². The molecule has 0 unspecified atom stereocenters. The number of hydrogen-bond acceptors (Lipinski definition) is 5. The van der Waals surface area contributed by atoms with Crippen LogP contribution in [0.5, 0.6) is 17.4 Å². The van der Waals surface area contributed by atoms with E-state index in [0.29, 0.717) is 5.56 Å². The predicted molar refractivity (Wildman–Crippen MR) is 85.2 cm³/mol. The zero-order chi connectivity index (χ0) is 17.0. The molecule has 0 spiro atoms. The first kappa shape index (κ1) is 18.4. The minimum Gasteiger partial charge on any atom is -0.489 e. The summed E-state index contributed by atoms with van der Waals surface area (Å²) in [6.07, 6.45) is -0.476. The Bertz CT molecular complexity index is 539. The van der Waals surface area contributed by atoms with Crippen LogP contribution in [0.1, 0.15) is 33.3 Å². The minimum absolute atomic E-state index is 0.00185. The van der Waals surface area contributed by atoms with Crippen molar-refractivity contribution in [3.05, 3.63) is 10.7 Å². The van der Waals surface area contributed by atoms with E-state index in [1.807, 2.05) is 27.7 Å². The Morgan fingerprint density at radius 2 is 1.64 bits per heavy atom. The minimum atomic E-state index is -0.476. The van der Waals surface area contributed by atoms with Gasteiger partial charge in [0, 0.05) is 17.6 Å². The Morgan fingerprint density at radius 3 is 2.05 bits per heavy atom. The maximum atomic E-state index is 12.5. The first-order valence-electron chi connectivity index (χ1n) is 7.02. The Morgan fingerprint density at radius 1 is 1.09 bits per heavy atom. The summed E-state index contributed by atoms with van der Waals surface area (Å²) in [4.78, 5) is 18.2. The molecule has 0 aliphatic heterocycles. The molecule has 0 aliphatic carbocycles. The highest BCUT2D eigenvalue weighted by Crippen LogP contribution is 2.41. The van der Waals surface area contributed by atoms with Gasteiger partial charge in [0.1, 0.15) is 5.15 Å². The smallest absolute Gasteiger partial charge is 0.415 e. The van der Waals surface area contributed by atoms with Crippen LogP contribution < -0.4 is 14.2 Å². The van der Waals surface area contributed by atoms with Crippen molar-refractivity contribution in [2.45, 2.75) is 46.7 Å². The monoisotopic (exact) mass is 330 g/mol. The van der Waals surface area contributed by atoms with Crippen LogP contribution in [0.3, 0.4) is 0 Å². The first-order chi connectivity index (χ1) is 10.2. The van der Waals surface area contributed by atoms with E-state index in [1.54, 1.807) is 11.8 Å². The number of carbonyl (C=O) groups excluding carboxylic acids is 1. The second kappa shape index (κ2) is 7.54. The lowest BCUT2D eigenvalue weighted by Gasteiger charge is -2.30. The number of hydrogen-bond donors (Lipinski definition) is 0. The summed E-state index contributed by atoms with van der Waals surface area (Å²) in [6, 6.07) is -0.00369. The molecule has 1 heterocycles. The fraction of sp³-hybridized carbons (Fsp3) is 0.600. The van der Waals surface area contributed by atoms with Crippen LogP contribution in [0.15, 0.2) is 0 Å². The van der Waals surface area contributed by atoms with Gasteiger partial charge in [0.2, 0.25) is 5.75 Å². The Kier molecular flexibility index (Phi) is 6.29. The van der Waals surface area contributed by atoms with Crippen molar-refractivity contribution in [1.29, 1.82) is 0 Å². The third-order valence-electron chi connectivity index (χ3n) is 3.16. The SMILES string of the molecule is COc1nc(Cl)c(C)c(OC(=O)N(C(C)C)C(C)C)c1OC. The van der Waals surface area contributed by atoms with E-state index < -0.39 is 6.09 Å². The maximum absolute atomic E-state index is 12.5. The van der Waals surface area contributed by atoms with Gasteiger partial charge in [0.15, 0.2) is 5.75 Å². The number of amides is 1. The topological polar surface area (TPSA) is 60.9 Å². The molecule has 1 aromatic rings. The molecule has 0 saturated heterocycles. The molecule has 1 amide bonds. The summed E-state index contributed by atoms with van der Waals surface area (Å²) >= 11 is 6.06. The fourth-order valence-corrected chi connectivity index (χ4v) is 2.35. The number of pyridine rings is 1. The van der Waals surface area contributed by atoms with Gasteiger partial charge in [-0.3, -0.25) is 0 Å². The molecule has 0 radical (unpaired) electrons. The summed E-state index contributed by atoms with van der Waals surface area (Å²) in [5.74, 6) is 0.627. The molecular weight excluding hydrogens is 308 g/mol. The number of rotatable bonds is 5. The molecule has 6 nitrogen and oxygen atoms in total. The van der Waals surface area contributed by atoms with Crippen molar-refractivity contribution >= 4 is 17.7 Å². The van der Waals surface area contributed by atoms with E-state index in [-0.39, 0.29) is 34.6 Å². The fourth-order valence-electron chi connectivity index (χ4n) is 2.18. The molecule has 0 bridgehead atoms. The van der Waals surface area contributed by atoms with E-state index in [1.165, 1.54) is 14.2 Å². The van der Waals surface area contributed by atoms with Gasteiger partial charge < -0.3 is 19.1 Å². The van der Waals surface area contributed by atoms with Crippen LogP contribution in [0.4, 0.5) is 4.79 Å². The normalized spacial score (nSPS) is 10.8. The Labute approximate surface area is 136 Å². The van der Waals surface area contributed by atoms with Crippen LogP contribution in [0.25, 0.3) is 0 Å². The van der Waals surface area contributed by atoms with Crippen molar-refractivity contribution in [2.75, 3.05) is 14.2 Å². The summed E-state index contributed by atoms with van der Waals surface area (Å²) in [7, 11) is 2.89. The van der Waals surface area contributed by atoms with Gasteiger partial charge in [-0.15, -0.1) is 0 Å². The third-order valence-corrected chi connectivity index (χ3v) is 3.53. The summed E-state index contributed by atoms with van der Waals surface area (Å²) < 4.78 is 15.9. The standard InChI is InChI=1S/C15H23ClN2O4/c1-8(2)18(9(3)4)15(19)22-11-10(5)13(16)17-14(21-7)12(11)20-6/h8-9H,1-7H3. The molecule has 0 aromatic carbocycles. The highest BCUT2D eigenvalue weighted by atomic mass is 35.5. The van der Waals surface area contributed by atoms with Crippen molar-refractivity contribution in [2.24, 2.45) is 0 Å². The summed E-state index contributed by atoms with van der Waals surface area (Å²) in [6.45, 7) is 9.39. The zero-order valence-electron chi connectivity index (χ0n) is 14.1. The van der Waals surface area contributed by atoms with E-state index >= 15 is 0 Å². The average Bonchev–Trinajstić information content (AvgIpc) is 2.42. The van der Waals surface area contributed by atoms with Crippen LogP contribution in [-0.4, -0.2) is 42.3 Å². The number of aromatic nitrogens is 1. The van der Waals surface area contributed by atoms with Crippen molar-refractivity contribution in [3.8, 4) is 17.4 Å². The van der Waals surface area contributed by atoms with Crippen LogP contribution in [-0.2, 0) is 0 Å². The highest BCUT2D eigenvalue weighted by molar-refractivity contribution is 6.30. The van der Waals surface area contributed by atoms with Gasteiger partial charge in [0.05, 0.1) is 14.2 Å². The molecule has 7 heteroatoms. The predicted octanol–water partition coefficient (Wildman–Crippen LogP) is 3.68. The van der Waals surface area contributed by atoms with Gasteiger partial charge in [-0.1, -0.05) is 11.6 Å². The van der Waals surface area contributed by atoms with E-state index in [2.05, 4.69) is 4.98 Å². The van der Waals surface area contributed by atoms with E-state index in [0.717, 1.165) is 0 Å². The molecule has 1 aromatic heterocycles. The number of nitrogens with zero attached hydrogens (tertiary/aromatic N) is 2. The van der Waals surface area contributed by atoms with Crippen molar-refractivity contribution in [3.63, 3.8) is 0 Å². The van der Waals surface area contributed by atoms with Gasteiger partial charge >= 0.3 is 6.09 Å². The number of carbonyl (C=O) groups is 1. The van der Waals surface area contributed by atoms with Gasteiger partial charge in [-0.05, 0) is 34.6 Å². The molecule has 0 N–H and O–H groups in total. The maximum Gasteiger partial charge on any atom is 0.415 e. The van der Waals surface area contributed by atoms with Crippen LogP contribution in [0, 0.1) is 6.92 Å². The molecule has 1 rings (SSSR count). The average molecular weight is 331 g/mol. The first-order valence-corrected chi connectivity index (χ1v) is 7.40. The Balaban J connectivity index is 3.27. The molecule has 22 heavy (non-hydrogen) atoms. The molecule has 0 atom stereocenters. The lowest BCUT2D eigenvalue weighted by atomic mass is 10.2. The quantitative estimate of drug-likeness (QED) is 0.771. The van der Waals surface area contributed by atoms with Crippen LogP contribution >= 0.6 is 11.6 Å². The summed E-state index contributed by atoms with van der Waals surface area (Å²) in [5, 5.41) is 0.195. The molecule has 0 fully saturated rings. The molecular formula is C15H23ClN2O4. The third kappa shape index (κ3) is 3.74. The number of methoxy groups -OCH3 is 2. The molecule has 0 saturated carbocycles. The number of halogens is 1. The Hall–Kier alpha value is -1.69. The zero-order valence-corrected chi connectivity index (χ0v) is 14.8. The lowest BCUT2D eigenvalue weighted by molar-refractivity contribution is 0.121. The second-order valence-electron chi connectivity index (χ2n) is 5.36. The van der Waals surface area contributed by atoms with Crippen molar-refractivity contribution in [1.82, 2.24) is 9.88 Å². The summed E-state index contributed by atoms with van der Waals surface area (Å²) in [5.41, 5.74) is 0.514. The van der Waals surface area contributed by atoms with Gasteiger partial charge in [-0.25, -0.2) is 4.79 Å². The molecule has 124 valence electrons. The molecule has 0 aliphatic rings. The largest absolute Gasteiger partial charge is 0.489 e. The lowest BCUT2D eigenvalue weighted by Crippen LogP contribution is -2.43. The number of ether oxygens (including phenoxy) is 3. The van der Waals surface area contributed by atoms with Crippen LogP contribution in [0.2, 0.25) is 5.15 Å².